The fourth-order valence-corrected chi connectivity index (χ4v) is 5.82. The van der Waals surface area contributed by atoms with Crippen molar-refractivity contribution in [3.63, 3.8) is 0 Å². The topological polar surface area (TPSA) is 82.4 Å². The zero-order valence-corrected chi connectivity index (χ0v) is 25.0. The van der Waals surface area contributed by atoms with Crippen molar-refractivity contribution in [1.82, 2.24) is 14.3 Å². The summed E-state index contributed by atoms with van der Waals surface area (Å²) in [4.78, 5) is 33.8. The fourth-order valence-electron chi connectivity index (χ4n) is 4.53. The Morgan fingerprint density at radius 3 is 2.46 bits per heavy atom. The summed E-state index contributed by atoms with van der Waals surface area (Å²) in [5, 5.41) is 0. The van der Waals surface area contributed by atoms with E-state index in [0.717, 1.165) is 34.0 Å². The highest BCUT2D eigenvalue weighted by atomic mass is 32.2. The third-order valence-electron chi connectivity index (χ3n) is 7.03. The molecule has 1 saturated heterocycles. The molecule has 210 valence electrons. The first-order valence-corrected chi connectivity index (χ1v) is 14.2. The minimum absolute atomic E-state index is 0.133. The number of hydrogen-bond donors (Lipinski definition) is 0. The van der Waals surface area contributed by atoms with Gasteiger partial charge in [0.2, 0.25) is 5.88 Å². The number of carbonyl (C=O) groups excluding carboxylic acids is 1. The van der Waals surface area contributed by atoms with E-state index in [9.17, 15) is 9.59 Å². The molecule has 1 aliphatic rings. The molecule has 2 aromatic heterocycles. The van der Waals surface area contributed by atoms with Gasteiger partial charge in [0.05, 0.1) is 19.1 Å². The van der Waals surface area contributed by atoms with Crippen LogP contribution in [-0.2, 0) is 11.2 Å². The Morgan fingerprint density at radius 2 is 1.71 bits per heavy atom. The molecule has 1 fully saturated rings. The minimum Gasteiger partial charge on any atom is -0.493 e. The second-order valence-electron chi connectivity index (χ2n) is 9.59. The van der Waals surface area contributed by atoms with Crippen molar-refractivity contribution in [3.05, 3.63) is 97.8 Å². The number of amides is 1. The predicted molar refractivity (Wildman–Crippen MR) is 165 cm³/mol. The number of fused-ring (bicyclic) bond motifs is 1. The summed E-state index contributed by atoms with van der Waals surface area (Å²) < 4.78 is 18.8. The molecule has 8 nitrogen and oxygen atoms in total. The summed E-state index contributed by atoms with van der Waals surface area (Å²) in [6.45, 7) is 6.19. The molecule has 5 rings (SSSR count). The van der Waals surface area contributed by atoms with E-state index in [4.69, 9.17) is 31.4 Å². The van der Waals surface area contributed by atoms with E-state index in [1.807, 2.05) is 63.2 Å². The summed E-state index contributed by atoms with van der Waals surface area (Å²) in [7, 11) is 3.17. The van der Waals surface area contributed by atoms with Crippen molar-refractivity contribution in [2.75, 3.05) is 20.8 Å². The van der Waals surface area contributed by atoms with Crippen molar-refractivity contribution in [2.24, 2.45) is 0 Å². The quantitative estimate of drug-likeness (QED) is 0.187. The number of thioether (sulfide) groups is 1. The minimum atomic E-state index is -0.338. The summed E-state index contributed by atoms with van der Waals surface area (Å²) >= 11 is 6.72. The number of ether oxygens (including phenoxy) is 3. The second kappa shape index (κ2) is 11.8. The molecule has 1 aliphatic heterocycles. The number of nitrogens with zero attached hydrogens (tertiary/aromatic N) is 3. The molecule has 0 atom stereocenters. The monoisotopic (exact) mass is 587 g/mol. The molecule has 3 heterocycles. The van der Waals surface area contributed by atoms with E-state index in [1.54, 1.807) is 37.5 Å². The van der Waals surface area contributed by atoms with Crippen LogP contribution < -0.4 is 19.8 Å². The molecule has 0 spiro atoms. The molecule has 0 saturated carbocycles. The predicted octanol–water partition coefficient (Wildman–Crippen LogP) is 5.87. The van der Waals surface area contributed by atoms with Gasteiger partial charge in [0.1, 0.15) is 21.3 Å². The Bertz CT molecular complexity index is 1780. The van der Waals surface area contributed by atoms with Gasteiger partial charge in [-0.2, -0.15) is 4.98 Å². The van der Waals surface area contributed by atoms with Crippen LogP contribution >= 0.6 is 24.0 Å². The molecule has 2 aromatic carbocycles. The van der Waals surface area contributed by atoms with Crippen LogP contribution in [0.4, 0.5) is 0 Å². The van der Waals surface area contributed by atoms with Crippen LogP contribution in [0.3, 0.4) is 0 Å². The highest BCUT2D eigenvalue weighted by Crippen LogP contribution is 2.35. The van der Waals surface area contributed by atoms with Crippen LogP contribution in [0.2, 0.25) is 0 Å². The molecule has 1 amide bonds. The molecule has 0 unspecified atom stereocenters. The number of rotatable bonds is 8. The molecular formula is C31H29N3O5S2. The van der Waals surface area contributed by atoms with Crippen LogP contribution in [-0.4, -0.2) is 45.3 Å². The van der Waals surface area contributed by atoms with E-state index in [2.05, 4.69) is 0 Å². The van der Waals surface area contributed by atoms with Gasteiger partial charge in [-0.3, -0.25) is 18.9 Å². The normalized spacial score (nSPS) is 14.3. The summed E-state index contributed by atoms with van der Waals surface area (Å²) in [6.07, 6.45) is 3.76. The Morgan fingerprint density at radius 1 is 0.951 bits per heavy atom. The Labute approximate surface area is 247 Å². The van der Waals surface area contributed by atoms with Crippen molar-refractivity contribution in [3.8, 4) is 23.1 Å². The number of carbonyl (C=O) groups is 1. The SMILES string of the molecule is COc1ccc(CCN2C(=O)/C(=C\c3c(Oc4cccc(C)c4C)nc4c(C)cccn4c3=O)SC2=S)cc1OC. The van der Waals surface area contributed by atoms with Gasteiger partial charge in [-0.1, -0.05) is 48.2 Å². The first-order chi connectivity index (χ1) is 19.7. The van der Waals surface area contributed by atoms with E-state index in [1.165, 1.54) is 4.40 Å². The van der Waals surface area contributed by atoms with Gasteiger partial charge in [-0.25, -0.2) is 0 Å². The molecule has 0 aliphatic carbocycles. The van der Waals surface area contributed by atoms with E-state index in [0.29, 0.717) is 45.1 Å². The van der Waals surface area contributed by atoms with Gasteiger partial charge in [0.25, 0.3) is 11.5 Å². The fraction of sp³-hybridized carbons (Fsp3) is 0.226. The van der Waals surface area contributed by atoms with Gasteiger partial charge in [0, 0.05) is 12.7 Å². The van der Waals surface area contributed by atoms with E-state index < -0.39 is 0 Å². The average Bonchev–Trinajstić information content (AvgIpc) is 3.23. The molecule has 0 bridgehead atoms. The molecule has 10 heteroatoms. The number of benzene rings is 2. The molecule has 4 aromatic rings. The number of methoxy groups -OCH3 is 2. The summed E-state index contributed by atoms with van der Waals surface area (Å²) in [5.74, 6) is 1.70. The van der Waals surface area contributed by atoms with Crippen LogP contribution in [0.25, 0.3) is 11.7 Å². The lowest BCUT2D eigenvalue weighted by Crippen LogP contribution is -2.30. The number of aromatic nitrogens is 2. The smallest absolute Gasteiger partial charge is 0.269 e. The van der Waals surface area contributed by atoms with Crippen LogP contribution in [0, 0.1) is 20.8 Å². The van der Waals surface area contributed by atoms with Gasteiger partial charge in [-0.05, 0) is 79.8 Å². The lowest BCUT2D eigenvalue weighted by molar-refractivity contribution is -0.122. The maximum Gasteiger partial charge on any atom is 0.269 e. The van der Waals surface area contributed by atoms with Crippen molar-refractivity contribution in [1.29, 1.82) is 0 Å². The third-order valence-corrected chi connectivity index (χ3v) is 8.41. The molecule has 0 N–H and O–H groups in total. The highest BCUT2D eigenvalue weighted by Gasteiger charge is 2.32. The second-order valence-corrected chi connectivity index (χ2v) is 11.3. The standard InChI is InChI=1S/C31H29N3O5S2/c1-18-8-6-10-23(20(18)3)39-28-22(29(35)33-14-7-9-19(2)27(33)32-28)17-26-30(36)34(31(40)41-26)15-13-21-11-12-24(37-4)25(16-21)38-5/h6-12,14,16-17H,13,15H2,1-5H3/b26-17+. The lowest BCUT2D eigenvalue weighted by atomic mass is 10.1. The van der Waals surface area contributed by atoms with Crippen LogP contribution in [0.1, 0.15) is 27.8 Å². The number of thiocarbonyl (C=S) groups is 1. The van der Waals surface area contributed by atoms with Crippen molar-refractivity contribution < 1.29 is 19.0 Å². The van der Waals surface area contributed by atoms with Crippen LogP contribution in [0.15, 0.2) is 64.4 Å². The summed E-state index contributed by atoms with van der Waals surface area (Å²) in [5.41, 5.74) is 4.10. The van der Waals surface area contributed by atoms with Gasteiger partial charge < -0.3 is 14.2 Å². The maximum absolute atomic E-state index is 13.7. The number of hydrogen-bond acceptors (Lipinski definition) is 8. The Balaban J connectivity index is 1.49. The van der Waals surface area contributed by atoms with Crippen LogP contribution in [0.5, 0.6) is 23.1 Å². The molecular weight excluding hydrogens is 558 g/mol. The van der Waals surface area contributed by atoms with Gasteiger partial charge >= 0.3 is 0 Å². The van der Waals surface area contributed by atoms with E-state index >= 15 is 0 Å². The Hall–Kier alpha value is -4.15. The maximum atomic E-state index is 13.7. The molecule has 0 radical (unpaired) electrons. The number of aryl methyl sites for hydroxylation is 2. The first kappa shape index (κ1) is 28.4. The van der Waals surface area contributed by atoms with E-state index in [-0.39, 0.29) is 22.9 Å². The van der Waals surface area contributed by atoms with Gasteiger partial charge in [0.15, 0.2) is 11.5 Å². The van der Waals surface area contributed by atoms with Crippen molar-refractivity contribution in [2.45, 2.75) is 27.2 Å². The zero-order valence-electron chi connectivity index (χ0n) is 23.4. The highest BCUT2D eigenvalue weighted by molar-refractivity contribution is 8.26. The summed E-state index contributed by atoms with van der Waals surface area (Å²) in [6, 6.07) is 15.0. The number of pyridine rings is 1. The zero-order chi connectivity index (χ0) is 29.3. The first-order valence-electron chi connectivity index (χ1n) is 12.9. The largest absolute Gasteiger partial charge is 0.493 e. The Kier molecular flexibility index (Phi) is 8.14. The van der Waals surface area contributed by atoms with Gasteiger partial charge in [-0.15, -0.1) is 0 Å². The molecule has 41 heavy (non-hydrogen) atoms. The lowest BCUT2D eigenvalue weighted by Gasteiger charge is -2.15. The average molecular weight is 588 g/mol. The third kappa shape index (κ3) is 5.57. The van der Waals surface area contributed by atoms with Crippen molar-refractivity contribution >= 4 is 45.9 Å².